The first-order valence-electron chi connectivity index (χ1n) is 28.4. The summed E-state index contributed by atoms with van der Waals surface area (Å²) in [5.41, 5.74) is 7.85. The van der Waals surface area contributed by atoms with E-state index in [1.807, 2.05) is 18.2 Å². The molecule has 4 aromatic carbocycles. The van der Waals surface area contributed by atoms with E-state index < -0.39 is 26.7 Å². The van der Waals surface area contributed by atoms with E-state index in [9.17, 15) is 43.1 Å². The molecule has 0 atom stereocenters. The van der Waals surface area contributed by atoms with Gasteiger partial charge in [0.25, 0.3) is 11.8 Å². The molecule has 0 radical (unpaired) electrons. The Hall–Kier alpha value is -1.88. The molecule has 0 aromatic heterocycles. The Kier molecular flexibility index (Phi) is 35.2. The molecule has 0 saturated heterocycles. The average Bonchev–Trinajstić information content (AvgIpc) is 1.59. The van der Waals surface area contributed by atoms with Gasteiger partial charge in [0, 0.05) is 144 Å². The van der Waals surface area contributed by atoms with Crippen molar-refractivity contribution in [3.05, 3.63) is 149 Å². The zero-order valence-electron chi connectivity index (χ0n) is 52.4. The second kappa shape index (κ2) is 39.4. The number of anilines is 2. The molecule has 3 aliphatic heterocycles. The molecule has 0 spiro atoms. The minimum atomic E-state index is -4.51. The maximum atomic E-state index is 12.8. The Morgan fingerprint density at radius 1 is 0.744 bits per heavy atom. The van der Waals surface area contributed by atoms with Crippen LogP contribution in [-0.4, -0.2) is 102 Å². The fraction of sp³-hybridized carbons (Fsp3) is 0.410. The van der Waals surface area contributed by atoms with Crippen molar-refractivity contribution in [2.24, 2.45) is 0 Å². The average molecular weight is 1350 g/mol. The minimum absolute atomic E-state index is 0. The molecule has 90 heavy (non-hydrogen) atoms. The quantitative estimate of drug-likeness (QED) is 0.00683. The Labute approximate surface area is 627 Å². The van der Waals surface area contributed by atoms with Crippen LogP contribution in [0.3, 0.4) is 0 Å². The van der Waals surface area contributed by atoms with Crippen molar-refractivity contribution in [3.63, 3.8) is 0 Å². The number of ether oxygens (including phenoxy) is 1. The first kappa shape index (κ1) is 80.6. The smallest absolute Gasteiger partial charge is 0.748 e. The van der Waals surface area contributed by atoms with Gasteiger partial charge in [0.1, 0.15) is 18.1 Å². The number of unbranched alkanes of at least 4 members (excludes halogenated alkanes) is 2. The van der Waals surface area contributed by atoms with E-state index in [1.54, 1.807) is 24.3 Å². The zero-order valence-corrected chi connectivity index (χ0v) is 63.6. The standard InChI is InChI=1S/C61H73N5O16S4.4Na/c1-60(2)50-42-46(63(34-11-39-83-80-77-70)35-12-40-84-81-78-71)22-28-51(50)64(37-13-41-86(73,74)75)53(60)29-20-44-15-10-16-45(59(44)76-47-23-25-48(26-24-47)85-82-79-72)21-30-54-61(3,4)58-49-17-8-7-14-43(49)19-27-52(58)65(54)36-9-5-6-18-55(67)62-33-38-66-56(68)31-32-57(66)69;;;;/h7-8,14,17,19-32,42H,5-6,9-13,15-16,18,33-41H2,1-4H3,(H4-,62,67,70,71,72,73,74,75);;;;/q;4*+1/p-3. The number of hydrogen-bond acceptors (Lipinski definition) is 21. The Morgan fingerprint density at radius 2 is 1.42 bits per heavy atom. The third-order valence-electron chi connectivity index (χ3n) is 15.6. The molecule has 3 amide bonds. The van der Waals surface area contributed by atoms with Crippen LogP contribution in [0.25, 0.3) is 10.8 Å². The van der Waals surface area contributed by atoms with Crippen molar-refractivity contribution in [2.45, 2.75) is 108 Å². The van der Waals surface area contributed by atoms with Gasteiger partial charge in [-0.25, -0.2) is 8.42 Å². The topological polar surface area (TPSA) is 267 Å². The van der Waals surface area contributed by atoms with Gasteiger partial charge in [0.2, 0.25) is 11.6 Å². The van der Waals surface area contributed by atoms with Gasteiger partial charge in [0.05, 0.1) is 27.6 Å². The molecular weight excluding hydrogens is 1280 g/mol. The van der Waals surface area contributed by atoms with Crippen LogP contribution in [0, 0.1) is 0 Å². The monoisotopic (exact) mass is 1350 g/mol. The number of carbonyl (C=O) groups excluding carboxylic acids is 3. The van der Waals surface area contributed by atoms with E-state index in [2.05, 4.69) is 136 Å². The van der Waals surface area contributed by atoms with Crippen LogP contribution < -0.4 is 154 Å². The van der Waals surface area contributed by atoms with Crippen molar-refractivity contribution in [1.29, 1.82) is 0 Å². The normalized spacial score (nSPS) is 16.6. The Morgan fingerprint density at radius 3 is 2.09 bits per heavy atom. The molecule has 4 aromatic rings. The number of fused-ring (bicyclic) bond motifs is 4. The number of rotatable bonds is 34. The number of nitrogens with zero attached hydrogens (tertiary/aromatic N) is 4. The van der Waals surface area contributed by atoms with E-state index in [4.69, 9.17) is 4.74 Å². The summed E-state index contributed by atoms with van der Waals surface area (Å²) < 4.78 is 58.6. The zero-order chi connectivity index (χ0) is 61.3. The first-order chi connectivity index (χ1) is 41.4. The molecule has 0 saturated carbocycles. The third kappa shape index (κ3) is 21.8. The van der Waals surface area contributed by atoms with Gasteiger partial charge in [-0.3, -0.25) is 34.4 Å². The molecule has 1 N–H and O–H groups in total. The van der Waals surface area contributed by atoms with Gasteiger partial charge in [-0.1, -0.05) is 56.7 Å². The summed E-state index contributed by atoms with van der Waals surface area (Å²) in [6.07, 6.45) is 17.0. The predicted octanol–water partition coefficient (Wildman–Crippen LogP) is -3.99. The van der Waals surface area contributed by atoms with Crippen LogP contribution in [-0.2, 0) is 63.4 Å². The van der Waals surface area contributed by atoms with Gasteiger partial charge in [-0.05, 0) is 141 Å². The maximum absolute atomic E-state index is 12.8. The van der Waals surface area contributed by atoms with Gasteiger partial charge in [-0.2, -0.15) is 17.6 Å². The summed E-state index contributed by atoms with van der Waals surface area (Å²) in [5.74, 6) is 0.719. The summed E-state index contributed by atoms with van der Waals surface area (Å²) in [7, 11) is -4.51. The molecule has 0 bridgehead atoms. The molecule has 29 heteroatoms. The number of imide groups is 1. The van der Waals surface area contributed by atoms with E-state index in [1.165, 1.54) is 23.1 Å². The van der Waals surface area contributed by atoms with Crippen molar-refractivity contribution in [3.8, 4) is 5.75 Å². The number of nitrogens with one attached hydrogen (secondary N) is 1. The minimum Gasteiger partial charge on any atom is -0.748 e. The van der Waals surface area contributed by atoms with E-state index in [0.29, 0.717) is 86.1 Å². The fourth-order valence-corrected chi connectivity index (χ4v) is 13.2. The molecule has 4 aliphatic rings. The van der Waals surface area contributed by atoms with E-state index in [0.717, 1.165) is 111 Å². The van der Waals surface area contributed by atoms with E-state index in [-0.39, 0.29) is 162 Å². The molecule has 1 aliphatic carbocycles. The molecule has 0 unspecified atom stereocenters. The third-order valence-corrected chi connectivity index (χ3v) is 18.2. The summed E-state index contributed by atoms with van der Waals surface area (Å²) in [5, 5.41) is 47.3. The van der Waals surface area contributed by atoms with Crippen molar-refractivity contribution in [2.75, 3.05) is 66.3 Å². The summed E-state index contributed by atoms with van der Waals surface area (Å²) >= 11 is 2.59. The van der Waals surface area contributed by atoms with Crippen molar-refractivity contribution < 1.29 is 199 Å². The Balaban J connectivity index is 0.00000432. The second-order valence-electron chi connectivity index (χ2n) is 21.9. The van der Waals surface area contributed by atoms with Gasteiger partial charge in [-0.15, -0.1) is 0 Å². The number of amides is 3. The number of benzene rings is 4. The molecule has 3 heterocycles. The summed E-state index contributed by atoms with van der Waals surface area (Å²) in [4.78, 5) is 43.1. The number of hydrogen-bond donors (Lipinski definition) is 1. The molecule has 462 valence electrons. The van der Waals surface area contributed by atoms with Crippen LogP contribution in [0.15, 0.2) is 143 Å². The van der Waals surface area contributed by atoms with Crippen LogP contribution in [0.5, 0.6) is 5.75 Å². The maximum Gasteiger partial charge on any atom is 1.00 e. The predicted molar refractivity (Wildman–Crippen MR) is 322 cm³/mol. The van der Waals surface area contributed by atoms with Gasteiger partial charge >= 0.3 is 118 Å². The van der Waals surface area contributed by atoms with Crippen LogP contribution >= 0.6 is 36.1 Å². The molecular formula is C61H70N5Na4O16S4+. The Bertz CT molecular complexity index is 3360. The first-order valence-corrected chi connectivity index (χ1v) is 32.6. The van der Waals surface area contributed by atoms with Gasteiger partial charge in [0.15, 0.2) is 5.71 Å². The summed E-state index contributed by atoms with van der Waals surface area (Å²) in [6.45, 7) is 11.1. The molecule has 8 rings (SSSR count). The van der Waals surface area contributed by atoms with Crippen LogP contribution in [0.4, 0.5) is 17.1 Å². The van der Waals surface area contributed by atoms with Crippen LogP contribution in [0.1, 0.15) is 103 Å². The largest absolute Gasteiger partial charge is 1.00 e. The van der Waals surface area contributed by atoms with Gasteiger partial charge < -0.3 is 40.2 Å². The molecule has 21 nitrogen and oxygen atoms in total. The SMILES string of the molecule is CC1(C)C(/C=C/C2=C(Oc3ccc(SOO[O-])cc3)C(=C/C=C3/N(CCCCCC(=O)NCCN4C(=O)C=CC4=O)c4ccc5ccccc5c4C3(C)C)/CCC2)=[N+](CCCS(=O)(=O)[O-])c2ccc(N(CCCSOO[O-])CCCSOO[O-])cc21.[Na+].[Na+].[Na+].[Na+]. The van der Waals surface area contributed by atoms with E-state index >= 15 is 0 Å². The number of carbonyl (C=O) groups is 3. The van der Waals surface area contributed by atoms with Crippen molar-refractivity contribution in [1.82, 2.24) is 10.2 Å². The molecule has 0 fully saturated rings. The fourth-order valence-electron chi connectivity index (χ4n) is 11.6. The van der Waals surface area contributed by atoms with Crippen LogP contribution in [0.2, 0.25) is 0 Å². The second-order valence-corrected chi connectivity index (χ2v) is 25.8. The summed E-state index contributed by atoms with van der Waals surface area (Å²) in [6, 6.07) is 26.0. The number of allylic oxidation sites excluding steroid dienone is 7. The van der Waals surface area contributed by atoms with Crippen molar-refractivity contribution >= 4 is 97.5 Å².